The van der Waals surface area contributed by atoms with Crippen LogP contribution in [0.4, 0.5) is 0 Å². The van der Waals surface area contributed by atoms with Crippen LogP contribution in [-0.2, 0) is 11.3 Å². The molecule has 1 aliphatic heterocycles. The molecule has 1 saturated heterocycles. The van der Waals surface area contributed by atoms with Gasteiger partial charge < -0.3 is 14.5 Å². The lowest BCUT2D eigenvalue weighted by molar-refractivity contribution is -0.135. The predicted molar refractivity (Wildman–Crippen MR) is 87.0 cm³/mol. The van der Waals surface area contributed by atoms with E-state index in [4.69, 9.17) is 0 Å². The Morgan fingerprint density at radius 1 is 1.35 bits per heavy atom. The molecule has 1 aromatic carbocycles. The molecule has 4 rings (SSSR count). The number of aromatic nitrogens is 4. The molecule has 0 aliphatic carbocycles. The summed E-state index contributed by atoms with van der Waals surface area (Å²) in [7, 11) is 0. The van der Waals surface area contributed by atoms with E-state index in [1.54, 1.807) is 6.20 Å². The zero-order chi connectivity index (χ0) is 15.8. The highest BCUT2D eigenvalue weighted by Gasteiger charge is 2.33. The number of carbonyl (C=O) groups is 1. The molecule has 6 heteroatoms. The summed E-state index contributed by atoms with van der Waals surface area (Å²) in [5, 5.41) is 0. The molecule has 3 heterocycles. The Labute approximate surface area is 134 Å². The average Bonchev–Trinajstić information content (AvgIpc) is 3.09. The van der Waals surface area contributed by atoms with Crippen molar-refractivity contribution < 1.29 is 4.79 Å². The van der Waals surface area contributed by atoms with Crippen LogP contribution < -0.4 is 0 Å². The molecule has 0 radical (unpaired) electrons. The van der Waals surface area contributed by atoms with E-state index in [9.17, 15) is 4.79 Å². The number of carbonyl (C=O) groups excluding carboxylic acids is 1. The Morgan fingerprint density at radius 3 is 2.91 bits per heavy atom. The first-order valence-electron chi connectivity index (χ1n) is 7.91. The normalized spacial score (nSPS) is 15.1. The number of hydrogen-bond donors (Lipinski definition) is 1. The van der Waals surface area contributed by atoms with Crippen LogP contribution in [0.25, 0.3) is 11.0 Å². The maximum atomic E-state index is 12.2. The van der Waals surface area contributed by atoms with Gasteiger partial charge in [-0.15, -0.1) is 0 Å². The number of nitrogens with zero attached hydrogens (tertiary/aromatic N) is 4. The molecule has 3 aromatic rings. The topological polar surface area (TPSA) is 66.8 Å². The minimum atomic E-state index is 0.200. The number of rotatable bonds is 4. The van der Waals surface area contributed by atoms with Gasteiger partial charge in [0.2, 0.25) is 5.91 Å². The minimum absolute atomic E-state index is 0.200. The molecular formula is C17H19N5O. The van der Waals surface area contributed by atoms with Gasteiger partial charge in [0.05, 0.1) is 17.0 Å². The monoisotopic (exact) mass is 309 g/mol. The number of fused-ring (bicyclic) bond motifs is 1. The number of H-pyrrole nitrogens is 1. The van der Waals surface area contributed by atoms with E-state index in [0.29, 0.717) is 18.9 Å². The van der Waals surface area contributed by atoms with Crippen LogP contribution in [0.5, 0.6) is 0 Å². The molecule has 2 aromatic heterocycles. The van der Waals surface area contributed by atoms with Gasteiger partial charge in [-0.25, -0.2) is 9.97 Å². The Morgan fingerprint density at radius 2 is 2.17 bits per heavy atom. The first kappa shape index (κ1) is 14.0. The minimum Gasteiger partial charge on any atom is -0.342 e. The Balaban J connectivity index is 1.33. The summed E-state index contributed by atoms with van der Waals surface area (Å²) in [5.41, 5.74) is 2.05. The third-order valence-electron chi connectivity index (χ3n) is 4.52. The van der Waals surface area contributed by atoms with Crippen molar-refractivity contribution in [1.82, 2.24) is 24.4 Å². The highest BCUT2D eigenvalue weighted by atomic mass is 16.2. The molecule has 0 atom stereocenters. The summed E-state index contributed by atoms with van der Waals surface area (Å²) >= 11 is 0. The zero-order valence-corrected chi connectivity index (χ0v) is 13.1. The molecule has 118 valence electrons. The predicted octanol–water partition coefficient (Wildman–Crippen LogP) is 2.08. The zero-order valence-electron chi connectivity index (χ0n) is 13.1. The van der Waals surface area contributed by atoms with Crippen molar-refractivity contribution in [3.05, 3.63) is 48.3 Å². The smallest absolute Gasteiger partial charge is 0.224 e. The van der Waals surface area contributed by atoms with Crippen molar-refractivity contribution >= 4 is 16.9 Å². The summed E-state index contributed by atoms with van der Waals surface area (Å²) in [6.45, 7) is 4.14. The number of hydrogen-bond acceptors (Lipinski definition) is 3. The molecule has 1 aliphatic rings. The lowest BCUT2D eigenvalue weighted by atomic mass is 9.99. The first-order valence-corrected chi connectivity index (χ1v) is 7.91. The Hall–Kier alpha value is -2.63. The fourth-order valence-corrected chi connectivity index (χ4v) is 3.04. The number of imidazole rings is 2. The van der Waals surface area contributed by atoms with Crippen molar-refractivity contribution in [2.24, 2.45) is 0 Å². The maximum absolute atomic E-state index is 12.2. The SMILES string of the molecule is Cc1nccn1CCC(=O)N1CC(c2nc3ccccc3[nH]2)C1. The molecule has 23 heavy (non-hydrogen) atoms. The number of benzene rings is 1. The van der Waals surface area contributed by atoms with Gasteiger partial charge in [0, 0.05) is 38.4 Å². The number of para-hydroxylation sites is 2. The van der Waals surface area contributed by atoms with Gasteiger partial charge in [-0.1, -0.05) is 12.1 Å². The second-order valence-corrected chi connectivity index (χ2v) is 6.05. The molecular weight excluding hydrogens is 290 g/mol. The van der Waals surface area contributed by atoms with Crippen molar-refractivity contribution in [3.63, 3.8) is 0 Å². The quantitative estimate of drug-likeness (QED) is 0.802. The number of aromatic amines is 1. The van der Waals surface area contributed by atoms with Gasteiger partial charge in [0.1, 0.15) is 11.6 Å². The Kier molecular flexibility index (Phi) is 3.37. The van der Waals surface area contributed by atoms with Crippen LogP contribution in [0.15, 0.2) is 36.7 Å². The molecule has 1 N–H and O–H groups in total. The fourth-order valence-electron chi connectivity index (χ4n) is 3.04. The molecule has 0 bridgehead atoms. The van der Waals surface area contributed by atoms with Crippen molar-refractivity contribution in [3.8, 4) is 0 Å². The van der Waals surface area contributed by atoms with E-state index in [1.165, 1.54) is 0 Å². The van der Waals surface area contributed by atoms with E-state index in [0.717, 1.165) is 35.8 Å². The summed E-state index contributed by atoms with van der Waals surface area (Å²) in [4.78, 5) is 26.3. The van der Waals surface area contributed by atoms with Gasteiger partial charge >= 0.3 is 0 Å². The highest BCUT2D eigenvalue weighted by Crippen LogP contribution is 2.27. The number of nitrogens with one attached hydrogen (secondary N) is 1. The first-order chi connectivity index (χ1) is 11.2. The summed E-state index contributed by atoms with van der Waals surface area (Å²) in [5.74, 6) is 2.45. The van der Waals surface area contributed by atoms with Crippen LogP contribution in [0.1, 0.15) is 24.0 Å². The van der Waals surface area contributed by atoms with Crippen LogP contribution in [0, 0.1) is 6.92 Å². The second-order valence-electron chi connectivity index (χ2n) is 6.05. The molecule has 0 spiro atoms. The van der Waals surface area contributed by atoms with Crippen molar-refractivity contribution in [1.29, 1.82) is 0 Å². The third kappa shape index (κ3) is 2.60. The van der Waals surface area contributed by atoms with E-state index in [2.05, 4.69) is 15.0 Å². The molecule has 0 saturated carbocycles. The van der Waals surface area contributed by atoms with Gasteiger partial charge in [-0.3, -0.25) is 4.79 Å². The molecule has 1 fully saturated rings. The summed E-state index contributed by atoms with van der Waals surface area (Å²) in [6, 6.07) is 8.02. The lowest BCUT2D eigenvalue weighted by Gasteiger charge is -2.38. The number of amides is 1. The van der Waals surface area contributed by atoms with Crippen LogP contribution in [-0.4, -0.2) is 43.4 Å². The van der Waals surface area contributed by atoms with E-state index in [1.807, 2.05) is 46.9 Å². The maximum Gasteiger partial charge on any atom is 0.224 e. The van der Waals surface area contributed by atoms with Gasteiger partial charge in [0.25, 0.3) is 0 Å². The Bertz CT molecular complexity index is 810. The summed E-state index contributed by atoms with van der Waals surface area (Å²) < 4.78 is 2.01. The largest absolute Gasteiger partial charge is 0.342 e. The van der Waals surface area contributed by atoms with E-state index in [-0.39, 0.29) is 5.91 Å². The van der Waals surface area contributed by atoms with Crippen LogP contribution >= 0.6 is 0 Å². The van der Waals surface area contributed by atoms with Gasteiger partial charge in [0.15, 0.2) is 0 Å². The standard InChI is InChI=1S/C17H19N5O/c1-12-18-7-9-21(12)8-6-16(23)22-10-13(11-22)17-19-14-4-2-3-5-15(14)20-17/h2-5,7,9,13H,6,8,10-11H2,1H3,(H,19,20). The van der Waals surface area contributed by atoms with Crippen LogP contribution in [0.2, 0.25) is 0 Å². The third-order valence-corrected chi connectivity index (χ3v) is 4.52. The van der Waals surface area contributed by atoms with Gasteiger partial charge in [-0.2, -0.15) is 0 Å². The van der Waals surface area contributed by atoms with Gasteiger partial charge in [-0.05, 0) is 19.1 Å². The molecule has 6 nitrogen and oxygen atoms in total. The number of aryl methyl sites for hydroxylation is 2. The average molecular weight is 309 g/mol. The van der Waals surface area contributed by atoms with Crippen LogP contribution in [0.3, 0.4) is 0 Å². The van der Waals surface area contributed by atoms with Crippen molar-refractivity contribution in [2.45, 2.75) is 25.8 Å². The fraction of sp³-hybridized carbons (Fsp3) is 0.353. The summed E-state index contributed by atoms with van der Waals surface area (Å²) in [6.07, 6.45) is 4.20. The molecule has 1 amide bonds. The van der Waals surface area contributed by atoms with Crippen molar-refractivity contribution in [2.75, 3.05) is 13.1 Å². The highest BCUT2D eigenvalue weighted by molar-refractivity contribution is 5.78. The van der Waals surface area contributed by atoms with E-state index >= 15 is 0 Å². The number of likely N-dealkylation sites (tertiary alicyclic amines) is 1. The lowest BCUT2D eigenvalue weighted by Crippen LogP contribution is -2.49. The van der Waals surface area contributed by atoms with E-state index < -0.39 is 0 Å². The second kappa shape index (κ2) is 5.53. The molecule has 0 unspecified atom stereocenters.